The molecule has 1 atom stereocenters. The van der Waals surface area contributed by atoms with Crippen LogP contribution in [-0.4, -0.2) is 37.2 Å². The summed E-state index contributed by atoms with van der Waals surface area (Å²) in [4.78, 5) is 23.3. The van der Waals surface area contributed by atoms with E-state index in [2.05, 4.69) is 5.32 Å². The van der Waals surface area contributed by atoms with Crippen LogP contribution in [0.15, 0.2) is 12.1 Å². The minimum atomic E-state index is -0.906. The number of carbonyl (C=O) groups excluding carboxylic acids is 1. The number of carboxylic acids is 1. The molecule has 2 rings (SSSR count). The fraction of sp³-hybridized carbons (Fsp3) is 0.500. The molecule has 0 spiro atoms. The summed E-state index contributed by atoms with van der Waals surface area (Å²) in [6.45, 7) is 1.84. The summed E-state index contributed by atoms with van der Waals surface area (Å²) >= 11 is 0. The summed E-state index contributed by atoms with van der Waals surface area (Å²) in [5.74, 6) is 0.164. The molecule has 120 valence electrons. The van der Waals surface area contributed by atoms with Crippen molar-refractivity contribution in [3.05, 3.63) is 23.3 Å². The molecular formula is C16H21NO5. The molecular weight excluding hydrogens is 286 g/mol. The first-order valence-corrected chi connectivity index (χ1v) is 7.21. The van der Waals surface area contributed by atoms with E-state index in [0.29, 0.717) is 17.1 Å². The Morgan fingerprint density at radius 1 is 1.27 bits per heavy atom. The van der Waals surface area contributed by atoms with E-state index in [1.54, 1.807) is 12.1 Å². The minimum Gasteiger partial charge on any atom is -0.496 e. The SMILES string of the molecule is COc1cc(C(=O)N[C@H](CC(=O)O)C2CC2)cc(OC)c1C. The van der Waals surface area contributed by atoms with Gasteiger partial charge in [-0.1, -0.05) is 0 Å². The Morgan fingerprint density at radius 2 is 1.82 bits per heavy atom. The Hall–Kier alpha value is -2.24. The van der Waals surface area contributed by atoms with Crippen LogP contribution in [0.3, 0.4) is 0 Å². The first-order chi connectivity index (χ1) is 10.5. The zero-order valence-electron chi connectivity index (χ0n) is 13.0. The standard InChI is InChI=1S/C16H21NO5/c1-9-13(21-2)6-11(7-14(9)22-3)16(20)17-12(8-15(18)19)10-4-5-10/h6-7,10,12H,4-5,8H2,1-3H3,(H,17,20)(H,18,19)/t12-/m1/s1. The highest BCUT2D eigenvalue weighted by molar-refractivity contribution is 5.95. The van der Waals surface area contributed by atoms with Crippen LogP contribution in [0.4, 0.5) is 0 Å². The highest BCUT2D eigenvalue weighted by Gasteiger charge is 2.34. The highest BCUT2D eigenvalue weighted by atomic mass is 16.5. The van der Waals surface area contributed by atoms with Gasteiger partial charge in [-0.15, -0.1) is 0 Å². The maximum atomic E-state index is 12.4. The van der Waals surface area contributed by atoms with Gasteiger partial charge in [0.25, 0.3) is 5.91 Å². The highest BCUT2D eigenvalue weighted by Crippen LogP contribution is 2.34. The van der Waals surface area contributed by atoms with Crippen molar-refractivity contribution in [1.82, 2.24) is 5.32 Å². The number of carboxylic acid groups (broad SMARTS) is 1. The number of amides is 1. The molecule has 22 heavy (non-hydrogen) atoms. The van der Waals surface area contributed by atoms with Crippen LogP contribution in [0.5, 0.6) is 11.5 Å². The number of hydrogen-bond acceptors (Lipinski definition) is 4. The summed E-state index contributed by atoms with van der Waals surface area (Å²) in [6, 6.07) is 2.94. The third kappa shape index (κ3) is 3.69. The van der Waals surface area contributed by atoms with Gasteiger partial charge in [-0.2, -0.15) is 0 Å². The maximum absolute atomic E-state index is 12.4. The number of aliphatic carboxylic acids is 1. The molecule has 1 saturated carbocycles. The van der Waals surface area contributed by atoms with Crippen molar-refractivity contribution in [2.24, 2.45) is 5.92 Å². The zero-order valence-corrected chi connectivity index (χ0v) is 13.0. The molecule has 0 heterocycles. The number of hydrogen-bond donors (Lipinski definition) is 2. The second-order valence-corrected chi connectivity index (χ2v) is 5.52. The molecule has 2 N–H and O–H groups in total. The van der Waals surface area contributed by atoms with E-state index >= 15 is 0 Å². The van der Waals surface area contributed by atoms with Crippen molar-refractivity contribution in [2.45, 2.75) is 32.2 Å². The lowest BCUT2D eigenvalue weighted by atomic mass is 10.1. The minimum absolute atomic E-state index is 0.0590. The molecule has 1 aliphatic rings. The molecule has 0 unspecified atom stereocenters. The molecule has 1 amide bonds. The molecule has 1 aromatic carbocycles. The van der Waals surface area contributed by atoms with Crippen LogP contribution < -0.4 is 14.8 Å². The molecule has 0 radical (unpaired) electrons. The van der Waals surface area contributed by atoms with Gasteiger partial charge in [0.2, 0.25) is 0 Å². The predicted octanol–water partition coefficient (Wildman–Crippen LogP) is 2.00. The Balaban J connectivity index is 2.19. The number of methoxy groups -OCH3 is 2. The third-order valence-corrected chi connectivity index (χ3v) is 3.92. The Bertz CT molecular complexity index is 555. The van der Waals surface area contributed by atoms with Crippen LogP contribution in [0, 0.1) is 12.8 Å². The number of carbonyl (C=O) groups is 2. The van der Waals surface area contributed by atoms with Crippen LogP contribution in [0.2, 0.25) is 0 Å². The lowest BCUT2D eigenvalue weighted by molar-refractivity contribution is -0.137. The smallest absolute Gasteiger partial charge is 0.305 e. The van der Waals surface area contributed by atoms with Crippen molar-refractivity contribution >= 4 is 11.9 Å². The van der Waals surface area contributed by atoms with Crippen LogP contribution in [0.1, 0.15) is 35.2 Å². The summed E-state index contributed by atoms with van der Waals surface area (Å²) in [6.07, 6.45) is 1.86. The Kier molecular flexibility index (Phi) is 4.90. The van der Waals surface area contributed by atoms with Gasteiger partial charge in [0.05, 0.1) is 20.6 Å². The van der Waals surface area contributed by atoms with E-state index < -0.39 is 5.97 Å². The molecule has 0 aliphatic heterocycles. The number of benzene rings is 1. The third-order valence-electron chi connectivity index (χ3n) is 3.92. The first-order valence-electron chi connectivity index (χ1n) is 7.21. The molecule has 1 aromatic rings. The summed E-state index contributed by atoms with van der Waals surface area (Å²) in [5, 5.41) is 11.8. The average molecular weight is 307 g/mol. The van der Waals surface area contributed by atoms with Crippen molar-refractivity contribution < 1.29 is 24.2 Å². The van der Waals surface area contributed by atoms with Crippen molar-refractivity contribution in [3.8, 4) is 11.5 Å². The van der Waals surface area contributed by atoms with Gasteiger partial charge in [0.1, 0.15) is 11.5 Å². The van der Waals surface area contributed by atoms with Gasteiger partial charge in [-0.3, -0.25) is 9.59 Å². The first kappa shape index (κ1) is 16.1. The molecule has 0 saturated heterocycles. The predicted molar refractivity (Wildman–Crippen MR) is 80.5 cm³/mol. The normalized spacial score (nSPS) is 15.0. The quantitative estimate of drug-likeness (QED) is 0.805. The maximum Gasteiger partial charge on any atom is 0.305 e. The van der Waals surface area contributed by atoms with Gasteiger partial charge in [-0.25, -0.2) is 0 Å². The largest absolute Gasteiger partial charge is 0.496 e. The molecule has 6 nitrogen and oxygen atoms in total. The van der Waals surface area contributed by atoms with Gasteiger partial charge >= 0.3 is 5.97 Å². The second kappa shape index (κ2) is 6.68. The lowest BCUT2D eigenvalue weighted by Gasteiger charge is -2.17. The van der Waals surface area contributed by atoms with Gasteiger partial charge in [0, 0.05) is 17.2 Å². The topological polar surface area (TPSA) is 84.9 Å². The van der Waals surface area contributed by atoms with Gasteiger partial charge < -0.3 is 19.9 Å². The van der Waals surface area contributed by atoms with Crippen molar-refractivity contribution in [1.29, 1.82) is 0 Å². The van der Waals surface area contributed by atoms with E-state index in [0.717, 1.165) is 18.4 Å². The van der Waals surface area contributed by atoms with Crippen LogP contribution >= 0.6 is 0 Å². The molecule has 0 aromatic heterocycles. The van der Waals surface area contributed by atoms with Crippen LogP contribution in [0.25, 0.3) is 0 Å². The molecule has 0 bridgehead atoms. The summed E-state index contributed by atoms with van der Waals surface area (Å²) in [7, 11) is 3.06. The fourth-order valence-corrected chi connectivity index (χ4v) is 2.49. The van der Waals surface area contributed by atoms with E-state index in [1.165, 1.54) is 14.2 Å². The van der Waals surface area contributed by atoms with E-state index in [-0.39, 0.29) is 24.3 Å². The lowest BCUT2D eigenvalue weighted by Crippen LogP contribution is -2.38. The van der Waals surface area contributed by atoms with E-state index in [4.69, 9.17) is 14.6 Å². The number of rotatable bonds is 7. The van der Waals surface area contributed by atoms with Crippen molar-refractivity contribution in [3.63, 3.8) is 0 Å². The zero-order chi connectivity index (χ0) is 16.3. The molecule has 1 aliphatic carbocycles. The summed E-state index contributed by atoms with van der Waals surface area (Å²) in [5.41, 5.74) is 1.21. The van der Waals surface area contributed by atoms with Gasteiger partial charge in [-0.05, 0) is 37.8 Å². The number of ether oxygens (including phenoxy) is 2. The Labute approximate surface area is 129 Å². The van der Waals surface area contributed by atoms with Gasteiger partial charge in [0.15, 0.2) is 0 Å². The molecule has 6 heteroatoms. The van der Waals surface area contributed by atoms with E-state index in [9.17, 15) is 9.59 Å². The second-order valence-electron chi connectivity index (χ2n) is 5.52. The summed E-state index contributed by atoms with van der Waals surface area (Å²) < 4.78 is 10.5. The van der Waals surface area contributed by atoms with Crippen molar-refractivity contribution in [2.75, 3.05) is 14.2 Å². The average Bonchev–Trinajstić information content (AvgIpc) is 3.30. The monoisotopic (exact) mass is 307 g/mol. The fourth-order valence-electron chi connectivity index (χ4n) is 2.49. The Morgan fingerprint density at radius 3 is 2.23 bits per heavy atom. The molecule has 1 fully saturated rings. The van der Waals surface area contributed by atoms with E-state index in [1.807, 2.05) is 6.92 Å². The van der Waals surface area contributed by atoms with Crippen LogP contribution in [-0.2, 0) is 4.79 Å². The number of nitrogens with one attached hydrogen (secondary N) is 1.